The second-order valence-electron chi connectivity index (χ2n) is 9.63. The first-order valence-corrected chi connectivity index (χ1v) is 13.2. The van der Waals surface area contributed by atoms with E-state index >= 15 is 0 Å². The zero-order valence-corrected chi connectivity index (χ0v) is 23.8. The van der Waals surface area contributed by atoms with Crippen molar-refractivity contribution < 1.29 is 19.1 Å². The summed E-state index contributed by atoms with van der Waals surface area (Å²) in [7, 11) is 3.25. The number of ether oxygens (including phenoxy) is 1. The van der Waals surface area contributed by atoms with Gasteiger partial charge in [0, 0.05) is 37.6 Å². The van der Waals surface area contributed by atoms with Gasteiger partial charge in [-0.05, 0) is 79.4 Å². The van der Waals surface area contributed by atoms with Crippen molar-refractivity contribution in [1.29, 1.82) is 0 Å². The van der Waals surface area contributed by atoms with Gasteiger partial charge in [-0.15, -0.1) is 0 Å². The van der Waals surface area contributed by atoms with E-state index in [-0.39, 0.29) is 18.4 Å². The van der Waals surface area contributed by atoms with Crippen molar-refractivity contribution >= 4 is 40.5 Å². The molecule has 0 atom stereocenters. The minimum absolute atomic E-state index is 0.164. The summed E-state index contributed by atoms with van der Waals surface area (Å²) < 4.78 is 6.19. The van der Waals surface area contributed by atoms with Crippen molar-refractivity contribution in [2.24, 2.45) is 0 Å². The topological polar surface area (TPSA) is 114 Å². The number of amides is 3. The number of likely N-dealkylation sites (N-methyl/N-ethyl adjacent to an activating group) is 1. The van der Waals surface area contributed by atoms with E-state index in [0.717, 1.165) is 39.2 Å². The van der Waals surface area contributed by atoms with Crippen LogP contribution in [0.4, 0.5) is 5.69 Å². The number of hydrogen-bond acceptors (Lipinski definition) is 6. The van der Waals surface area contributed by atoms with Gasteiger partial charge >= 0.3 is 0 Å². The highest BCUT2D eigenvalue weighted by molar-refractivity contribution is 5.99. The Morgan fingerprint density at radius 1 is 1.00 bits per heavy atom. The van der Waals surface area contributed by atoms with E-state index < -0.39 is 5.91 Å². The number of aryl methyl sites for hydroxylation is 2. The summed E-state index contributed by atoms with van der Waals surface area (Å²) in [5.74, 6) is -0.199. The van der Waals surface area contributed by atoms with Gasteiger partial charge in [0.2, 0.25) is 11.8 Å². The second kappa shape index (κ2) is 12.9. The number of fused-ring (bicyclic) bond motifs is 1. The van der Waals surface area contributed by atoms with Crippen molar-refractivity contribution in [3.63, 3.8) is 0 Å². The Labute approximate surface area is 239 Å². The van der Waals surface area contributed by atoms with Crippen LogP contribution in [0.5, 0.6) is 5.75 Å². The van der Waals surface area contributed by atoms with Crippen molar-refractivity contribution in [2.75, 3.05) is 25.5 Å². The third-order valence-electron chi connectivity index (χ3n) is 6.81. The number of nitrogens with zero attached hydrogens (tertiary/aromatic N) is 3. The molecule has 2 N–H and O–H groups in total. The Morgan fingerprint density at radius 3 is 2.49 bits per heavy atom. The average molecular weight is 552 g/mol. The molecule has 1 aromatic heterocycles. The third kappa shape index (κ3) is 6.94. The number of aromatic nitrogens is 2. The number of carbonyl (C=O) groups is 3. The molecule has 3 aromatic carbocycles. The molecule has 210 valence electrons. The number of anilines is 1. The summed E-state index contributed by atoms with van der Waals surface area (Å²) in [4.78, 5) is 47.5. The molecule has 0 aliphatic heterocycles. The Hall–Kier alpha value is -5.05. The summed E-state index contributed by atoms with van der Waals surface area (Å²) in [6.45, 7) is 5.98. The molecular weight excluding hydrogens is 518 g/mol. The first-order chi connectivity index (χ1) is 19.7. The predicted molar refractivity (Wildman–Crippen MR) is 160 cm³/mol. The van der Waals surface area contributed by atoms with Crippen LogP contribution in [0.2, 0.25) is 0 Å². The van der Waals surface area contributed by atoms with Crippen LogP contribution in [0.25, 0.3) is 17.1 Å². The number of rotatable bonds is 9. The van der Waals surface area contributed by atoms with Crippen LogP contribution in [0.3, 0.4) is 0 Å². The molecule has 0 aliphatic carbocycles. The van der Waals surface area contributed by atoms with E-state index in [1.165, 1.54) is 11.0 Å². The molecule has 0 saturated carbocycles. The van der Waals surface area contributed by atoms with Gasteiger partial charge in [0.05, 0.1) is 17.8 Å². The second-order valence-corrected chi connectivity index (χ2v) is 9.63. The van der Waals surface area contributed by atoms with Crippen molar-refractivity contribution in [1.82, 2.24) is 20.6 Å². The fraction of sp³-hybridized carbons (Fsp3) is 0.219. The number of hydrogen-bond donors (Lipinski definition) is 2. The van der Waals surface area contributed by atoms with Gasteiger partial charge in [-0.3, -0.25) is 19.4 Å². The van der Waals surface area contributed by atoms with Gasteiger partial charge in [-0.1, -0.05) is 24.3 Å². The summed E-state index contributed by atoms with van der Waals surface area (Å²) in [5.41, 5.74) is 7.21. The average Bonchev–Trinajstić information content (AvgIpc) is 2.98. The fourth-order valence-corrected chi connectivity index (χ4v) is 4.36. The first-order valence-electron chi connectivity index (χ1n) is 13.2. The predicted octanol–water partition coefficient (Wildman–Crippen LogP) is 4.29. The van der Waals surface area contributed by atoms with Crippen LogP contribution in [-0.4, -0.2) is 48.3 Å². The Balaban J connectivity index is 1.39. The highest BCUT2D eigenvalue weighted by atomic mass is 16.5. The van der Waals surface area contributed by atoms with Crippen LogP contribution in [0.1, 0.15) is 38.3 Å². The molecular formula is C32H33N5O4. The van der Waals surface area contributed by atoms with E-state index in [9.17, 15) is 14.4 Å². The lowest BCUT2D eigenvalue weighted by atomic mass is 10.0. The molecule has 4 rings (SSSR count). The molecule has 3 amide bonds. The monoisotopic (exact) mass is 551 g/mol. The van der Waals surface area contributed by atoms with E-state index in [4.69, 9.17) is 4.74 Å². The lowest BCUT2D eigenvalue weighted by molar-refractivity contribution is -0.122. The number of carbonyl (C=O) groups excluding carboxylic acids is 3. The van der Waals surface area contributed by atoms with Gasteiger partial charge in [-0.2, -0.15) is 0 Å². The van der Waals surface area contributed by atoms with E-state index in [1.807, 2.05) is 51.1 Å². The van der Waals surface area contributed by atoms with E-state index in [0.29, 0.717) is 23.4 Å². The molecule has 0 radical (unpaired) electrons. The third-order valence-corrected chi connectivity index (χ3v) is 6.81. The van der Waals surface area contributed by atoms with E-state index in [1.54, 1.807) is 50.6 Å². The van der Waals surface area contributed by atoms with Gasteiger partial charge in [-0.25, -0.2) is 4.98 Å². The lowest BCUT2D eigenvalue weighted by Crippen LogP contribution is -2.38. The maximum absolute atomic E-state index is 13.0. The van der Waals surface area contributed by atoms with Crippen molar-refractivity contribution in [3.05, 3.63) is 100 Å². The Bertz CT molecular complexity index is 1630. The molecule has 9 heteroatoms. The minimum Gasteiger partial charge on any atom is -0.487 e. The Morgan fingerprint density at radius 2 is 1.76 bits per heavy atom. The maximum atomic E-state index is 13.0. The van der Waals surface area contributed by atoms with Crippen LogP contribution in [0.15, 0.2) is 66.9 Å². The number of benzene rings is 3. The van der Waals surface area contributed by atoms with Gasteiger partial charge < -0.3 is 20.3 Å². The first kappa shape index (κ1) is 28.9. The van der Waals surface area contributed by atoms with Gasteiger partial charge in [0.25, 0.3) is 5.91 Å². The zero-order chi connectivity index (χ0) is 29.5. The zero-order valence-electron chi connectivity index (χ0n) is 23.8. The molecule has 0 saturated heterocycles. The smallest absolute Gasteiger partial charge is 0.251 e. The SMILES string of the molecule is CNC(=O)c1ccc(C=CC(=O)NCC(=O)N(C)c2ccc(C)c(COc3cccc4ncc(C)nc34)c2C)cc1. The molecule has 0 spiro atoms. The van der Waals surface area contributed by atoms with Crippen LogP contribution in [-0.2, 0) is 16.2 Å². The highest BCUT2D eigenvalue weighted by Gasteiger charge is 2.17. The summed E-state index contributed by atoms with van der Waals surface area (Å²) in [6.07, 6.45) is 4.70. The fourth-order valence-electron chi connectivity index (χ4n) is 4.36. The highest BCUT2D eigenvalue weighted by Crippen LogP contribution is 2.28. The largest absolute Gasteiger partial charge is 0.487 e. The lowest BCUT2D eigenvalue weighted by Gasteiger charge is -2.23. The van der Waals surface area contributed by atoms with Crippen LogP contribution >= 0.6 is 0 Å². The molecule has 0 unspecified atom stereocenters. The molecule has 1 heterocycles. The number of nitrogens with one attached hydrogen (secondary N) is 2. The summed E-state index contributed by atoms with van der Waals surface area (Å²) in [6, 6.07) is 16.3. The quantitative estimate of drug-likeness (QED) is 0.300. The van der Waals surface area contributed by atoms with E-state index in [2.05, 4.69) is 20.6 Å². The van der Waals surface area contributed by atoms with Crippen molar-refractivity contribution in [2.45, 2.75) is 27.4 Å². The summed E-state index contributed by atoms with van der Waals surface area (Å²) >= 11 is 0. The molecule has 41 heavy (non-hydrogen) atoms. The molecule has 0 fully saturated rings. The van der Waals surface area contributed by atoms with Crippen molar-refractivity contribution in [3.8, 4) is 5.75 Å². The minimum atomic E-state index is -0.398. The maximum Gasteiger partial charge on any atom is 0.251 e. The number of para-hydroxylation sites is 1. The summed E-state index contributed by atoms with van der Waals surface area (Å²) in [5, 5.41) is 5.20. The van der Waals surface area contributed by atoms with Crippen LogP contribution in [0, 0.1) is 20.8 Å². The Kier molecular flexibility index (Phi) is 9.08. The van der Waals surface area contributed by atoms with Crippen LogP contribution < -0.4 is 20.3 Å². The van der Waals surface area contributed by atoms with Gasteiger partial charge in [0.1, 0.15) is 17.9 Å². The molecule has 0 bridgehead atoms. The van der Waals surface area contributed by atoms with Gasteiger partial charge in [0.15, 0.2) is 0 Å². The molecule has 4 aromatic rings. The molecule has 9 nitrogen and oxygen atoms in total. The standard InChI is InChI=1S/C32H33N5O4/c1-20-9-15-27(22(3)25(20)19-41-28-8-6-7-26-31(28)36-21(2)17-34-26)37(5)30(39)18-35-29(38)16-12-23-10-13-24(14-11-23)32(40)33-4/h6-17H,18-19H2,1-5H3,(H,33,40)(H,35,38). The normalized spacial score (nSPS) is 11.0. The molecule has 0 aliphatic rings.